The zero-order chi connectivity index (χ0) is 16.9. The molecule has 24 heavy (non-hydrogen) atoms. The third kappa shape index (κ3) is 3.74. The molecule has 2 aromatic carbocycles. The first kappa shape index (κ1) is 16.1. The Kier molecular flexibility index (Phi) is 4.79. The summed E-state index contributed by atoms with van der Waals surface area (Å²) in [5.74, 6) is 0.0434. The number of rotatable bonds is 5. The maximum atomic E-state index is 12.5. The summed E-state index contributed by atoms with van der Waals surface area (Å²) in [7, 11) is 0. The third-order valence-corrected chi connectivity index (χ3v) is 4.21. The predicted octanol–water partition coefficient (Wildman–Crippen LogP) is 2.52. The number of amides is 2. The molecule has 0 saturated heterocycles. The molecular formula is C19H20N2O3. The summed E-state index contributed by atoms with van der Waals surface area (Å²) in [5, 5.41) is 3.02. The van der Waals surface area contributed by atoms with Crippen LogP contribution in [0.2, 0.25) is 0 Å². The highest BCUT2D eigenvalue weighted by Gasteiger charge is 2.30. The van der Waals surface area contributed by atoms with E-state index in [0.717, 1.165) is 25.0 Å². The molecule has 0 spiro atoms. The van der Waals surface area contributed by atoms with E-state index in [1.165, 1.54) is 6.07 Å². The number of ether oxygens (including phenoxy) is 1. The molecule has 1 fully saturated rings. The molecule has 124 valence electrons. The van der Waals surface area contributed by atoms with Gasteiger partial charge in [0.25, 0.3) is 5.91 Å². The van der Waals surface area contributed by atoms with E-state index in [9.17, 15) is 9.59 Å². The Morgan fingerprint density at radius 3 is 2.50 bits per heavy atom. The fraction of sp³-hybridized carbons (Fsp3) is 0.263. The molecule has 0 heterocycles. The van der Waals surface area contributed by atoms with E-state index in [4.69, 9.17) is 10.5 Å². The molecule has 2 amide bonds. The van der Waals surface area contributed by atoms with Crippen LogP contribution in [0.25, 0.3) is 0 Å². The minimum atomic E-state index is -0.546. The highest BCUT2D eigenvalue weighted by molar-refractivity contribution is 5.99. The van der Waals surface area contributed by atoms with Gasteiger partial charge in [0.2, 0.25) is 5.91 Å². The zero-order valence-electron chi connectivity index (χ0n) is 13.3. The van der Waals surface area contributed by atoms with Crippen molar-refractivity contribution in [1.82, 2.24) is 5.32 Å². The topological polar surface area (TPSA) is 81.4 Å². The SMILES string of the molecule is NC(=O)c1cccc(C(=O)N[C@@H]2CCC[C@@H]2Oc2ccccc2)c1. The number of nitrogens with two attached hydrogens (primary N) is 1. The lowest BCUT2D eigenvalue weighted by atomic mass is 10.1. The zero-order valence-corrected chi connectivity index (χ0v) is 13.3. The maximum Gasteiger partial charge on any atom is 0.251 e. The first-order valence-electron chi connectivity index (χ1n) is 8.06. The largest absolute Gasteiger partial charge is 0.488 e. The molecule has 1 saturated carbocycles. The number of para-hydroxylation sites is 1. The van der Waals surface area contributed by atoms with Gasteiger partial charge in [0.15, 0.2) is 0 Å². The fourth-order valence-corrected chi connectivity index (χ4v) is 2.97. The molecule has 3 N–H and O–H groups in total. The molecule has 0 unspecified atom stereocenters. The van der Waals surface area contributed by atoms with Crippen LogP contribution in [0.15, 0.2) is 54.6 Å². The second kappa shape index (κ2) is 7.17. The number of nitrogens with one attached hydrogen (secondary N) is 1. The van der Waals surface area contributed by atoms with Crippen molar-refractivity contribution in [2.75, 3.05) is 0 Å². The molecule has 1 aliphatic carbocycles. The number of carbonyl (C=O) groups is 2. The first-order chi connectivity index (χ1) is 11.6. The number of carbonyl (C=O) groups excluding carboxylic acids is 2. The van der Waals surface area contributed by atoms with Crippen LogP contribution in [-0.4, -0.2) is 24.0 Å². The summed E-state index contributed by atoms with van der Waals surface area (Å²) < 4.78 is 6.00. The summed E-state index contributed by atoms with van der Waals surface area (Å²) in [4.78, 5) is 23.7. The lowest BCUT2D eigenvalue weighted by Crippen LogP contribution is -2.42. The number of primary amides is 1. The van der Waals surface area contributed by atoms with E-state index in [2.05, 4.69) is 5.32 Å². The summed E-state index contributed by atoms with van der Waals surface area (Å²) in [6.07, 6.45) is 2.74. The number of hydrogen-bond donors (Lipinski definition) is 2. The van der Waals surface area contributed by atoms with Gasteiger partial charge in [-0.1, -0.05) is 24.3 Å². The highest BCUT2D eigenvalue weighted by atomic mass is 16.5. The van der Waals surface area contributed by atoms with E-state index >= 15 is 0 Å². The van der Waals surface area contributed by atoms with Gasteiger partial charge < -0.3 is 15.8 Å². The smallest absolute Gasteiger partial charge is 0.251 e. The Hall–Kier alpha value is -2.82. The van der Waals surface area contributed by atoms with Gasteiger partial charge in [-0.15, -0.1) is 0 Å². The van der Waals surface area contributed by atoms with Crippen LogP contribution < -0.4 is 15.8 Å². The fourth-order valence-electron chi connectivity index (χ4n) is 2.97. The van der Waals surface area contributed by atoms with Crippen molar-refractivity contribution in [3.63, 3.8) is 0 Å². The van der Waals surface area contributed by atoms with Gasteiger partial charge in [-0.2, -0.15) is 0 Å². The molecule has 2 atom stereocenters. The van der Waals surface area contributed by atoms with Crippen LogP contribution >= 0.6 is 0 Å². The summed E-state index contributed by atoms with van der Waals surface area (Å²) in [6, 6.07) is 16.0. The van der Waals surface area contributed by atoms with Gasteiger partial charge in [-0.05, 0) is 49.6 Å². The van der Waals surface area contributed by atoms with Gasteiger partial charge >= 0.3 is 0 Å². The Morgan fingerprint density at radius 1 is 1.00 bits per heavy atom. The normalized spacial score (nSPS) is 19.7. The Labute approximate surface area is 140 Å². The standard InChI is InChI=1S/C19H20N2O3/c20-18(22)13-6-4-7-14(12-13)19(23)21-16-10-5-11-17(16)24-15-8-2-1-3-9-15/h1-4,6-9,12,16-17H,5,10-11H2,(H2,20,22)(H,21,23)/t16-,17+/m1/s1. The quantitative estimate of drug-likeness (QED) is 0.886. The molecule has 0 aromatic heterocycles. The van der Waals surface area contributed by atoms with Crippen molar-refractivity contribution < 1.29 is 14.3 Å². The van der Waals surface area contributed by atoms with Gasteiger partial charge in [0.05, 0.1) is 6.04 Å². The summed E-state index contributed by atoms with van der Waals surface area (Å²) in [6.45, 7) is 0. The lowest BCUT2D eigenvalue weighted by molar-refractivity contribution is 0.0894. The lowest BCUT2D eigenvalue weighted by Gasteiger charge is -2.22. The van der Waals surface area contributed by atoms with Gasteiger partial charge in [-0.3, -0.25) is 9.59 Å². The van der Waals surface area contributed by atoms with Crippen molar-refractivity contribution in [3.05, 3.63) is 65.7 Å². The van der Waals surface area contributed by atoms with Gasteiger partial charge in [0.1, 0.15) is 11.9 Å². The van der Waals surface area contributed by atoms with Crippen molar-refractivity contribution in [2.24, 2.45) is 5.73 Å². The van der Waals surface area contributed by atoms with Gasteiger partial charge in [-0.25, -0.2) is 0 Å². The third-order valence-electron chi connectivity index (χ3n) is 4.21. The Bertz CT molecular complexity index is 730. The molecule has 1 aliphatic rings. The number of benzene rings is 2. The van der Waals surface area contributed by atoms with E-state index in [-0.39, 0.29) is 18.1 Å². The Morgan fingerprint density at radius 2 is 1.75 bits per heavy atom. The van der Waals surface area contributed by atoms with E-state index in [0.29, 0.717) is 11.1 Å². The van der Waals surface area contributed by atoms with Gasteiger partial charge in [0, 0.05) is 11.1 Å². The molecule has 0 aliphatic heterocycles. The minimum absolute atomic E-state index is 0.0457. The molecule has 5 heteroatoms. The molecule has 0 bridgehead atoms. The second-order valence-corrected chi connectivity index (χ2v) is 5.93. The number of hydrogen-bond acceptors (Lipinski definition) is 3. The van der Waals surface area contributed by atoms with Crippen molar-refractivity contribution in [2.45, 2.75) is 31.4 Å². The second-order valence-electron chi connectivity index (χ2n) is 5.93. The van der Waals surface area contributed by atoms with E-state index < -0.39 is 5.91 Å². The monoisotopic (exact) mass is 324 g/mol. The van der Waals surface area contributed by atoms with Crippen LogP contribution in [0.1, 0.15) is 40.0 Å². The van der Waals surface area contributed by atoms with Crippen LogP contribution in [0.4, 0.5) is 0 Å². The van der Waals surface area contributed by atoms with E-state index in [1.807, 2.05) is 30.3 Å². The molecule has 5 nitrogen and oxygen atoms in total. The average molecular weight is 324 g/mol. The van der Waals surface area contributed by atoms with Crippen LogP contribution in [0.3, 0.4) is 0 Å². The highest BCUT2D eigenvalue weighted by Crippen LogP contribution is 2.25. The first-order valence-corrected chi connectivity index (χ1v) is 8.06. The van der Waals surface area contributed by atoms with Crippen molar-refractivity contribution in [1.29, 1.82) is 0 Å². The van der Waals surface area contributed by atoms with Crippen molar-refractivity contribution in [3.8, 4) is 5.75 Å². The maximum absolute atomic E-state index is 12.5. The van der Waals surface area contributed by atoms with Crippen molar-refractivity contribution >= 4 is 11.8 Å². The van der Waals surface area contributed by atoms with Crippen LogP contribution in [0, 0.1) is 0 Å². The Balaban J connectivity index is 1.67. The summed E-state index contributed by atoms with van der Waals surface area (Å²) >= 11 is 0. The molecular weight excluding hydrogens is 304 g/mol. The minimum Gasteiger partial charge on any atom is -0.488 e. The van der Waals surface area contributed by atoms with Crippen LogP contribution in [0.5, 0.6) is 5.75 Å². The van der Waals surface area contributed by atoms with E-state index in [1.54, 1.807) is 18.2 Å². The average Bonchev–Trinajstić information content (AvgIpc) is 3.02. The molecule has 3 rings (SSSR count). The molecule has 2 aromatic rings. The summed E-state index contributed by atoms with van der Waals surface area (Å²) in [5.41, 5.74) is 6.02. The molecule has 0 radical (unpaired) electrons. The predicted molar refractivity (Wildman–Crippen MR) is 90.9 cm³/mol. The van der Waals surface area contributed by atoms with Crippen LogP contribution in [-0.2, 0) is 0 Å².